The number of primary amides is 1. The van der Waals surface area contributed by atoms with E-state index in [1.165, 1.54) is 18.3 Å². The van der Waals surface area contributed by atoms with Gasteiger partial charge in [-0.05, 0) is 43.7 Å². The second-order valence-corrected chi connectivity index (χ2v) is 6.78. The second-order valence-electron chi connectivity index (χ2n) is 6.37. The molecular weight excluding hydrogens is 366 g/mol. The van der Waals surface area contributed by atoms with Gasteiger partial charge in [0.05, 0.1) is 22.2 Å². The first-order valence-corrected chi connectivity index (χ1v) is 8.81. The van der Waals surface area contributed by atoms with Crippen LogP contribution in [0.2, 0.25) is 5.02 Å². The number of hydrogen-bond donors (Lipinski definition) is 2. The molecule has 0 spiro atoms. The van der Waals surface area contributed by atoms with Crippen LogP contribution in [0.4, 0.5) is 5.69 Å². The third-order valence-electron chi connectivity index (χ3n) is 4.75. The van der Waals surface area contributed by atoms with Crippen LogP contribution in [0.3, 0.4) is 0 Å². The van der Waals surface area contributed by atoms with Crippen molar-refractivity contribution in [2.75, 3.05) is 11.4 Å². The lowest BCUT2D eigenvalue weighted by molar-refractivity contribution is 0.0932. The lowest BCUT2D eigenvalue weighted by Gasteiger charge is -2.27. The van der Waals surface area contributed by atoms with Crippen molar-refractivity contribution in [1.29, 1.82) is 5.26 Å². The summed E-state index contributed by atoms with van der Waals surface area (Å²) in [6.45, 7) is 2.78. The van der Waals surface area contributed by atoms with Gasteiger partial charge in [-0.25, -0.2) is 0 Å². The number of nitriles is 1. The number of nitrogens with one attached hydrogen (secondary N) is 1. The van der Waals surface area contributed by atoms with Crippen molar-refractivity contribution < 1.29 is 9.59 Å². The van der Waals surface area contributed by atoms with Gasteiger partial charge < -0.3 is 16.0 Å². The molecule has 0 saturated carbocycles. The monoisotopic (exact) mass is 383 g/mol. The lowest BCUT2D eigenvalue weighted by Crippen LogP contribution is -2.43. The van der Waals surface area contributed by atoms with Crippen LogP contribution in [0.5, 0.6) is 0 Å². The number of hydrogen-bond acceptors (Lipinski definition) is 5. The van der Waals surface area contributed by atoms with E-state index in [1.807, 2.05) is 19.1 Å². The Morgan fingerprint density at radius 3 is 2.74 bits per heavy atom. The number of carbonyl (C=O) groups is 2. The summed E-state index contributed by atoms with van der Waals surface area (Å²) in [6.07, 6.45) is 2.12. The van der Waals surface area contributed by atoms with E-state index in [0.717, 1.165) is 18.7 Å². The minimum Gasteiger partial charge on any atom is -0.367 e. The number of anilines is 1. The smallest absolute Gasteiger partial charge is 0.267 e. The Morgan fingerprint density at radius 2 is 2.15 bits per heavy atom. The highest BCUT2D eigenvalue weighted by molar-refractivity contribution is 6.32. The number of halogens is 1. The van der Waals surface area contributed by atoms with Crippen molar-refractivity contribution in [2.24, 2.45) is 5.73 Å². The second kappa shape index (κ2) is 7.64. The van der Waals surface area contributed by atoms with Crippen molar-refractivity contribution in [3.8, 4) is 6.07 Å². The summed E-state index contributed by atoms with van der Waals surface area (Å²) in [4.78, 5) is 29.6. The van der Waals surface area contributed by atoms with Crippen LogP contribution in [0.15, 0.2) is 36.5 Å². The molecule has 0 radical (unpaired) electrons. The van der Waals surface area contributed by atoms with Gasteiger partial charge in [0.1, 0.15) is 11.8 Å². The fourth-order valence-electron chi connectivity index (χ4n) is 3.20. The molecule has 3 rings (SSSR count). The Kier molecular flexibility index (Phi) is 5.28. The summed E-state index contributed by atoms with van der Waals surface area (Å²) < 4.78 is 0. The summed E-state index contributed by atoms with van der Waals surface area (Å²) in [7, 11) is 0. The minimum absolute atomic E-state index is 0.0517. The van der Waals surface area contributed by atoms with Crippen molar-refractivity contribution in [2.45, 2.75) is 25.4 Å². The molecule has 1 aromatic heterocycles. The predicted octanol–water partition coefficient (Wildman–Crippen LogP) is 2.10. The van der Waals surface area contributed by atoms with Gasteiger partial charge in [-0.3, -0.25) is 14.6 Å². The van der Waals surface area contributed by atoms with E-state index in [0.29, 0.717) is 16.1 Å². The van der Waals surface area contributed by atoms with Crippen LogP contribution >= 0.6 is 11.6 Å². The number of nitrogens with two attached hydrogens (primary N) is 1. The van der Waals surface area contributed by atoms with Gasteiger partial charge in [0.15, 0.2) is 0 Å². The van der Waals surface area contributed by atoms with Gasteiger partial charge in [-0.15, -0.1) is 0 Å². The van der Waals surface area contributed by atoms with E-state index in [2.05, 4.69) is 15.2 Å². The zero-order chi connectivity index (χ0) is 19.6. The van der Waals surface area contributed by atoms with Crippen LogP contribution in [-0.4, -0.2) is 35.4 Å². The topological polar surface area (TPSA) is 112 Å². The molecule has 1 saturated heterocycles. The first kappa shape index (κ1) is 18.7. The molecule has 2 aromatic rings. The Hall–Kier alpha value is -3.11. The normalized spacial score (nSPS) is 18.8. The van der Waals surface area contributed by atoms with Gasteiger partial charge in [0.25, 0.3) is 11.8 Å². The molecule has 0 bridgehead atoms. The summed E-state index contributed by atoms with van der Waals surface area (Å²) in [5.41, 5.74) is 6.98. The molecule has 2 amide bonds. The molecular formula is C19H18ClN5O2. The van der Waals surface area contributed by atoms with E-state index < -0.39 is 5.91 Å². The predicted molar refractivity (Wildman–Crippen MR) is 102 cm³/mol. The fourth-order valence-corrected chi connectivity index (χ4v) is 3.41. The van der Waals surface area contributed by atoms with Crippen LogP contribution in [0, 0.1) is 11.3 Å². The SMILES string of the molecule is C[C@H]1[C@@H](NC(=O)c2ccc(C(N)=O)nc2)CCN1c1ccc(C#N)c(Cl)c1. The molecule has 0 aliphatic carbocycles. The summed E-state index contributed by atoms with van der Waals surface area (Å²) in [5, 5.41) is 12.4. The number of benzene rings is 1. The maximum Gasteiger partial charge on any atom is 0.267 e. The van der Waals surface area contributed by atoms with Crippen molar-refractivity contribution >= 4 is 29.1 Å². The van der Waals surface area contributed by atoms with Crippen LogP contribution in [0.1, 0.15) is 39.8 Å². The van der Waals surface area contributed by atoms with Crippen molar-refractivity contribution in [1.82, 2.24) is 10.3 Å². The number of pyridine rings is 1. The van der Waals surface area contributed by atoms with Gasteiger partial charge in [0.2, 0.25) is 0 Å². The number of rotatable bonds is 4. The Balaban J connectivity index is 1.69. The zero-order valence-electron chi connectivity index (χ0n) is 14.6. The molecule has 1 aromatic carbocycles. The molecule has 3 N–H and O–H groups in total. The average Bonchev–Trinajstić information content (AvgIpc) is 3.02. The van der Waals surface area contributed by atoms with Crippen LogP contribution < -0.4 is 16.0 Å². The third kappa shape index (κ3) is 3.86. The van der Waals surface area contributed by atoms with Crippen molar-refractivity contribution in [3.63, 3.8) is 0 Å². The number of amides is 2. The molecule has 2 heterocycles. The minimum atomic E-state index is -0.636. The molecule has 1 aliphatic rings. The lowest BCUT2D eigenvalue weighted by atomic mass is 10.1. The standard InChI is InChI=1S/C19H18ClN5O2/c1-11-16(24-19(27)13-3-5-17(18(22)26)23-10-13)6-7-25(11)14-4-2-12(9-21)15(20)8-14/h2-5,8,10-11,16H,6-7H2,1H3,(H2,22,26)(H,24,27)/t11-,16-/m0/s1. The van der Waals surface area contributed by atoms with Crippen LogP contribution in [0.25, 0.3) is 0 Å². The first-order valence-electron chi connectivity index (χ1n) is 8.43. The average molecular weight is 384 g/mol. The molecule has 1 aliphatic heterocycles. The molecule has 8 heteroatoms. The summed E-state index contributed by atoms with van der Waals surface area (Å²) >= 11 is 6.13. The van der Waals surface area contributed by atoms with E-state index in [1.54, 1.807) is 12.1 Å². The summed E-state index contributed by atoms with van der Waals surface area (Å²) in [5.74, 6) is -0.891. The maximum absolute atomic E-state index is 12.5. The number of carbonyl (C=O) groups excluding carboxylic acids is 2. The van der Waals surface area contributed by atoms with Crippen molar-refractivity contribution in [3.05, 3.63) is 58.4 Å². The highest BCUT2D eigenvalue weighted by Crippen LogP contribution is 2.29. The zero-order valence-corrected chi connectivity index (χ0v) is 15.4. The quantitative estimate of drug-likeness (QED) is 0.839. The fraction of sp³-hybridized carbons (Fsp3) is 0.263. The van der Waals surface area contributed by atoms with Crippen LogP contribution in [-0.2, 0) is 0 Å². The van der Waals surface area contributed by atoms with E-state index >= 15 is 0 Å². The number of aromatic nitrogens is 1. The van der Waals surface area contributed by atoms with Gasteiger partial charge in [-0.2, -0.15) is 5.26 Å². The highest BCUT2D eigenvalue weighted by atomic mass is 35.5. The Morgan fingerprint density at radius 1 is 1.37 bits per heavy atom. The molecule has 0 unspecified atom stereocenters. The maximum atomic E-state index is 12.5. The Bertz CT molecular complexity index is 923. The van der Waals surface area contributed by atoms with E-state index in [9.17, 15) is 9.59 Å². The van der Waals surface area contributed by atoms with Gasteiger partial charge in [0, 0.05) is 24.5 Å². The molecule has 2 atom stereocenters. The first-order chi connectivity index (χ1) is 12.9. The Labute approximate surface area is 161 Å². The van der Waals surface area contributed by atoms with E-state index in [-0.39, 0.29) is 23.7 Å². The molecule has 1 fully saturated rings. The third-order valence-corrected chi connectivity index (χ3v) is 5.07. The molecule has 138 valence electrons. The summed E-state index contributed by atoms with van der Waals surface area (Å²) in [6, 6.07) is 10.3. The molecule has 7 nitrogen and oxygen atoms in total. The van der Waals surface area contributed by atoms with Gasteiger partial charge in [-0.1, -0.05) is 11.6 Å². The van der Waals surface area contributed by atoms with E-state index in [4.69, 9.17) is 22.6 Å². The highest BCUT2D eigenvalue weighted by Gasteiger charge is 2.32. The van der Waals surface area contributed by atoms with Gasteiger partial charge >= 0.3 is 0 Å². The number of nitrogens with zero attached hydrogens (tertiary/aromatic N) is 3. The largest absolute Gasteiger partial charge is 0.367 e. The molecule has 27 heavy (non-hydrogen) atoms.